The number of nitrogens with two attached hydrogens (primary N) is 1. The molecule has 0 bridgehead atoms. The van der Waals surface area contributed by atoms with Crippen LogP contribution in [0.15, 0.2) is 59.6 Å². The second-order valence-corrected chi connectivity index (χ2v) is 4.59. The van der Waals surface area contributed by atoms with Crippen molar-refractivity contribution in [3.63, 3.8) is 0 Å². The van der Waals surface area contributed by atoms with Crippen LogP contribution in [0.3, 0.4) is 0 Å². The van der Waals surface area contributed by atoms with Gasteiger partial charge in [-0.2, -0.15) is 0 Å². The van der Waals surface area contributed by atoms with E-state index in [1.807, 2.05) is 61.5 Å². The highest BCUT2D eigenvalue weighted by atomic mass is 127. The average molecular weight is 397 g/mol. The number of aliphatic imine (C=N–C) groups is 1. The fourth-order valence-electron chi connectivity index (χ4n) is 1.95. The molecule has 4 N–H and O–H groups in total. The second kappa shape index (κ2) is 8.63. The number of aryl methyl sites for hydroxylation is 1. The first-order chi connectivity index (χ1) is 9.66. The minimum absolute atomic E-state index is 0. The highest BCUT2D eigenvalue weighted by Gasteiger charge is 2.09. The van der Waals surface area contributed by atoms with Gasteiger partial charge in [-0.1, -0.05) is 42.5 Å². The zero-order chi connectivity index (χ0) is 14.4. The van der Waals surface area contributed by atoms with Crippen LogP contribution in [0.5, 0.6) is 0 Å². The van der Waals surface area contributed by atoms with E-state index >= 15 is 0 Å². The van der Waals surface area contributed by atoms with Gasteiger partial charge >= 0.3 is 0 Å². The van der Waals surface area contributed by atoms with Gasteiger partial charge in [-0.3, -0.25) is 4.99 Å². The lowest BCUT2D eigenvalue weighted by molar-refractivity contribution is 0.186. The van der Waals surface area contributed by atoms with E-state index < -0.39 is 6.10 Å². The highest BCUT2D eigenvalue weighted by Crippen LogP contribution is 2.17. The van der Waals surface area contributed by atoms with Crippen molar-refractivity contribution in [3.05, 3.63) is 65.7 Å². The molecule has 0 amide bonds. The first kappa shape index (κ1) is 17.5. The van der Waals surface area contributed by atoms with Crippen molar-refractivity contribution in [2.45, 2.75) is 13.0 Å². The topological polar surface area (TPSA) is 70.6 Å². The number of rotatable bonds is 4. The van der Waals surface area contributed by atoms with Crippen LogP contribution < -0.4 is 11.1 Å². The van der Waals surface area contributed by atoms with Crippen molar-refractivity contribution in [3.8, 4) is 0 Å². The van der Waals surface area contributed by atoms with Gasteiger partial charge in [0.25, 0.3) is 0 Å². The van der Waals surface area contributed by atoms with Crippen LogP contribution in [0.4, 0.5) is 5.69 Å². The zero-order valence-electron chi connectivity index (χ0n) is 11.9. The summed E-state index contributed by atoms with van der Waals surface area (Å²) in [7, 11) is 0. The summed E-state index contributed by atoms with van der Waals surface area (Å²) in [4.78, 5) is 4.17. The molecule has 1 unspecified atom stereocenters. The number of hydrogen-bond acceptors (Lipinski definition) is 2. The maximum atomic E-state index is 10.1. The zero-order valence-corrected chi connectivity index (χ0v) is 14.2. The fraction of sp³-hybridized carbons (Fsp3) is 0.188. The highest BCUT2D eigenvalue weighted by molar-refractivity contribution is 14.0. The lowest BCUT2D eigenvalue weighted by atomic mass is 10.0. The van der Waals surface area contributed by atoms with Crippen LogP contribution in [0.2, 0.25) is 0 Å². The molecule has 0 aliphatic rings. The Morgan fingerprint density at radius 2 is 1.76 bits per heavy atom. The number of para-hydroxylation sites is 1. The number of halogens is 1. The molecule has 0 heterocycles. The Hall–Kier alpha value is -1.60. The van der Waals surface area contributed by atoms with Gasteiger partial charge in [0.05, 0.1) is 12.6 Å². The summed E-state index contributed by atoms with van der Waals surface area (Å²) in [6.45, 7) is 2.20. The Bertz CT molecular complexity index is 587. The summed E-state index contributed by atoms with van der Waals surface area (Å²) >= 11 is 0. The molecule has 0 spiro atoms. The van der Waals surface area contributed by atoms with Gasteiger partial charge in [-0.05, 0) is 30.2 Å². The van der Waals surface area contributed by atoms with Crippen molar-refractivity contribution in [2.75, 3.05) is 11.9 Å². The smallest absolute Gasteiger partial charge is 0.193 e. The van der Waals surface area contributed by atoms with E-state index in [0.717, 1.165) is 16.8 Å². The van der Waals surface area contributed by atoms with Crippen LogP contribution in [0, 0.1) is 6.92 Å². The fourth-order valence-corrected chi connectivity index (χ4v) is 1.95. The number of guanidine groups is 1. The first-order valence-corrected chi connectivity index (χ1v) is 6.52. The summed E-state index contributed by atoms with van der Waals surface area (Å²) in [5.74, 6) is 0.295. The van der Waals surface area contributed by atoms with Crippen LogP contribution in [0.1, 0.15) is 17.2 Å². The largest absolute Gasteiger partial charge is 0.386 e. The van der Waals surface area contributed by atoms with Crippen molar-refractivity contribution in [1.82, 2.24) is 0 Å². The molecule has 0 fully saturated rings. The Kier molecular flexibility index (Phi) is 7.18. The molecule has 0 saturated heterocycles. The van der Waals surface area contributed by atoms with E-state index in [-0.39, 0.29) is 30.5 Å². The minimum Gasteiger partial charge on any atom is -0.386 e. The Labute approximate surface area is 142 Å². The average Bonchev–Trinajstić information content (AvgIpc) is 2.46. The monoisotopic (exact) mass is 397 g/mol. The summed E-state index contributed by atoms with van der Waals surface area (Å²) in [5.41, 5.74) is 8.60. The summed E-state index contributed by atoms with van der Waals surface area (Å²) < 4.78 is 0. The molecule has 1 atom stereocenters. The third-order valence-electron chi connectivity index (χ3n) is 3.03. The van der Waals surface area contributed by atoms with Gasteiger partial charge in [0.15, 0.2) is 5.96 Å². The quantitative estimate of drug-likeness (QED) is 0.422. The minimum atomic E-state index is -0.646. The molecule has 0 saturated carbocycles. The molecule has 0 radical (unpaired) electrons. The summed E-state index contributed by atoms with van der Waals surface area (Å²) in [5, 5.41) is 13.1. The number of anilines is 1. The predicted molar refractivity (Wildman–Crippen MR) is 98.1 cm³/mol. The molecule has 5 heteroatoms. The number of aliphatic hydroxyl groups is 1. The molecule has 112 valence electrons. The molecule has 4 nitrogen and oxygen atoms in total. The van der Waals surface area contributed by atoms with E-state index in [0.29, 0.717) is 5.96 Å². The predicted octanol–water partition coefficient (Wildman–Crippen LogP) is 3.07. The second-order valence-electron chi connectivity index (χ2n) is 4.59. The molecule has 21 heavy (non-hydrogen) atoms. The van der Waals surface area contributed by atoms with E-state index in [2.05, 4.69) is 10.3 Å². The van der Waals surface area contributed by atoms with E-state index in [9.17, 15) is 5.11 Å². The van der Waals surface area contributed by atoms with Crippen molar-refractivity contribution in [1.29, 1.82) is 0 Å². The van der Waals surface area contributed by atoms with E-state index in [4.69, 9.17) is 5.73 Å². The third-order valence-corrected chi connectivity index (χ3v) is 3.03. The number of nitrogens with zero attached hydrogens (tertiary/aromatic N) is 1. The summed E-state index contributed by atoms with van der Waals surface area (Å²) in [6, 6.07) is 17.3. The van der Waals surface area contributed by atoms with Crippen molar-refractivity contribution in [2.24, 2.45) is 10.7 Å². The molecular formula is C16H20IN3O. The molecular weight excluding hydrogens is 377 g/mol. The van der Waals surface area contributed by atoms with Crippen molar-refractivity contribution >= 4 is 35.6 Å². The summed E-state index contributed by atoms with van der Waals surface area (Å²) in [6.07, 6.45) is -0.646. The molecule has 0 aromatic heterocycles. The Morgan fingerprint density at radius 3 is 2.43 bits per heavy atom. The Balaban J connectivity index is 0.00000220. The van der Waals surface area contributed by atoms with Crippen LogP contribution >= 0.6 is 24.0 Å². The number of benzene rings is 2. The van der Waals surface area contributed by atoms with Gasteiger partial charge < -0.3 is 16.2 Å². The van der Waals surface area contributed by atoms with Gasteiger partial charge in [0, 0.05) is 5.69 Å². The SMILES string of the molecule is Cc1ccccc1C(O)CN=C(N)Nc1ccccc1.I. The molecule has 0 aliphatic carbocycles. The lowest BCUT2D eigenvalue weighted by Gasteiger charge is -2.12. The Morgan fingerprint density at radius 1 is 1.14 bits per heavy atom. The van der Waals surface area contributed by atoms with Crippen LogP contribution in [-0.2, 0) is 0 Å². The van der Waals surface area contributed by atoms with Gasteiger partial charge in [-0.15, -0.1) is 24.0 Å². The molecule has 2 aromatic carbocycles. The number of aliphatic hydroxyl groups excluding tert-OH is 1. The lowest BCUT2D eigenvalue weighted by Crippen LogP contribution is -2.23. The normalized spacial score (nSPS) is 12.4. The molecule has 2 rings (SSSR count). The first-order valence-electron chi connectivity index (χ1n) is 6.52. The maximum absolute atomic E-state index is 10.1. The van der Waals surface area contributed by atoms with E-state index in [1.165, 1.54) is 0 Å². The van der Waals surface area contributed by atoms with Crippen LogP contribution in [-0.4, -0.2) is 17.6 Å². The maximum Gasteiger partial charge on any atom is 0.193 e. The van der Waals surface area contributed by atoms with Crippen LogP contribution in [0.25, 0.3) is 0 Å². The number of nitrogens with one attached hydrogen (secondary N) is 1. The number of hydrogen-bond donors (Lipinski definition) is 3. The van der Waals surface area contributed by atoms with E-state index in [1.54, 1.807) is 0 Å². The van der Waals surface area contributed by atoms with Gasteiger partial charge in [0.2, 0.25) is 0 Å². The van der Waals surface area contributed by atoms with Gasteiger partial charge in [-0.25, -0.2) is 0 Å². The third kappa shape index (κ3) is 5.35. The van der Waals surface area contributed by atoms with Crippen molar-refractivity contribution < 1.29 is 5.11 Å². The standard InChI is InChI=1S/C16H19N3O.HI/c1-12-7-5-6-10-14(12)15(20)11-18-16(17)19-13-8-3-2-4-9-13;/h2-10,15,20H,11H2,1H3,(H3,17,18,19);1H. The molecule has 0 aliphatic heterocycles. The molecule has 2 aromatic rings. The van der Waals surface area contributed by atoms with Gasteiger partial charge in [0.1, 0.15) is 0 Å².